The summed E-state index contributed by atoms with van der Waals surface area (Å²) in [7, 11) is 0. The normalized spacial score (nSPS) is 13.9. The summed E-state index contributed by atoms with van der Waals surface area (Å²) in [5.41, 5.74) is 6.17. The van der Waals surface area contributed by atoms with Crippen LogP contribution in [0.5, 0.6) is 5.75 Å². The Bertz CT molecular complexity index is 1660. The Kier molecular flexibility index (Phi) is 8.97. The van der Waals surface area contributed by atoms with Crippen molar-refractivity contribution in [3.05, 3.63) is 89.3 Å². The molecule has 1 aromatic carbocycles. The molecular weight excluding hydrogens is 540 g/mol. The number of ketones is 1. The molecule has 0 aliphatic carbocycles. The summed E-state index contributed by atoms with van der Waals surface area (Å²) in [5, 5.41) is 5.95. The smallest absolute Gasteiger partial charge is 0.185 e. The fourth-order valence-electron chi connectivity index (χ4n) is 5.38. The highest BCUT2D eigenvalue weighted by molar-refractivity contribution is 5.99. The lowest BCUT2D eigenvalue weighted by atomic mass is 10.0. The highest BCUT2D eigenvalue weighted by atomic mass is 35.5. The van der Waals surface area contributed by atoms with E-state index in [2.05, 4.69) is 27.9 Å². The van der Waals surface area contributed by atoms with E-state index in [1.54, 1.807) is 6.20 Å². The largest absolute Gasteiger partial charge is 0.492 e. The van der Waals surface area contributed by atoms with Crippen molar-refractivity contribution >= 4 is 34.7 Å². The van der Waals surface area contributed by atoms with E-state index in [0.29, 0.717) is 24.5 Å². The van der Waals surface area contributed by atoms with E-state index in [9.17, 15) is 4.79 Å². The molecule has 6 rings (SSSR count). The summed E-state index contributed by atoms with van der Waals surface area (Å²) in [6.45, 7) is 9.55. The number of Topliss-reactive ketones (excluding diaryl/α,β-unsaturated/α-hetero) is 1. The third-order valence-corrected chi connectivity index (χ3v) is 7.43. The van der Waals surface area contributed by atoms with Crippen molar-refractivity contribution in [1.82, 2.24) is 29.0 Å². The van der Waals surface area contributed by atoms with Crippen molar-refractivity contribution in [3.63, 3.8) is 0 Å². The number of halogens is 1. The number of carbonyl (C=O) groups is 1. The van der Waals surface area contributed by atoms with Gasteiger partial charge in [-0.3, -0.25) is 23.8 Å². The number of aryl methyl sites for hydroxylation is 2. The van der Waals surface area contributed by atoms with Crippen molar-refractivity contribution in [2.45, 2.75) is 33.2 Å². The van der Waals surface area contributed by atoms with Crippen molar-refractivity contribution < 1.29 is 14.3 Å². The van der Waals surface area contributed by atoms with Gasteiger partial charge >= 0.3 is 0 Å². The molecule has 0 N–H and O–H groups in total. The van der Waals surface area contributed by atoms with Gasteiger partial charge in [0.25, 0.3) is 0 Å². The predicted octanol–water partition coefficient (Wildman–Crippen LogP) is 4.56. The van der Waals surface area contributed by atoms with E-state index >= 15 is 0 Å². The summed E-state index contributed by atoms with van der Waals surface area (Å²) in [5.74, 6) is 0.759. The van der Waals surface area contributed by atoms with E-state index < -0.39 is 0 Å². The van der Waals surface area contributed by atoms with Crippen molar-refractivity contribution in [2.75, 3.05) is 39.5 Å². The molecule has 0 atom stereocenters. The number of rotatable bonds is 10. The molecule has 1 fully saturated rings. The van der Waals surface area contributed by atoms with E-state index in [4.69, 9.17) is 14.6 Å². The molecule has 0 bridgehead atoms. The maximum Gasteiger partial charge on any atom is 0.185 e. The van der Waals surface area contributed by atoms with E-state index in [1.807, 2.05) is 64.7 Å². The van der Waals surface area contributed by atoms with Crippen LogP contribution in [0.1, 0.15) is 40.1 Å². The molecule has 41 heavy (non-hydrogen) atoms. The lowest BCUT2D eigenvalue weighted by molar-refractivity contribution is 0.0322. The molecule has 1 aliphatic rings. The number of hydrogen-bond donors (Lipinski definition) is 0. The Morgan fingerprint density at radius 3 is 2.73 bits per heavy atom. The van der Waals surface area contributed by atoms with Crippen molar-refractivity contribution in [1.29, 1.82) is 0 Å². The number of carbonyl (C=O) groups excluding carboxylic acids is 1. The summed E-state index contributed by atoms with van der Waals surface area (Å²) in [6.07, 6.45) is 4.57. The average molecular weight is 575 g/mol. The van der Waals surface area contributed by atoms with Gasteiger partial charge in [0.15, 0.2) is 5.78 Å². The first-order chi connectivity index (χ1) is 19.6. The standard InChI is InChI=1S/C31H34N6O3.ClH/c1-3-26-31-23(7-5-9-27(31)37(34-26)21-24-8-4-6-22(2)33-24)18-29(38)28-20-32-30-19-25(10-11-36(28)30)40-17-14-35-12-15-39-16-13-35;/h4-11,19-20H,3,12-18,21H2,1-2H3;1H. The minimum absolute atomic E-state index is 0. The van der Waals surface area contributed by atoms with Crippen molar-refractivity contribution in [2.24, 2.45) is 0 Å². The number of aromatic nitrogens is 5. The van der Waals surface area contributed by atoms with E-state index in [1.165, 1.54) is 0 Å². The Balaban J connectivity index is 0.00000337. The number of imidazole rings is 1. The van der Waals surface area contributed by atoms with Gasteiger partial charge in [-0.2, -0.15) is 5.10 Å². The fraction of sp³-hybridized carbons (Fsp3) is 0.355. The highest BCUT2D eigenvalue weighted by Crippen LogP contribution is 2.26. The number of hydrogen-bond acceptors (Lipinski definition) is 7. The molecular formula is C31H35ClN6O3. The second kappa shape index (κ2) is 12.8. The minimum Gasteiger partial charge on any atom is -0.492 e. The first-order valence-corrected chi connectivity index (χ1v) is 13.9. The van der Waals surface area contributed by atoms with Crippen LogP contribution in [0, 0.1) is 6.92 Å². The molecule has 0 saturated carbocycles. The molecule has 214 valence electrons. The van der Waals surface area contributed by atoms with Crippen LogP contribution in [0.15, 0.2) is 60.9 Å². The van der Waals surface area contributed by atoms with Crippen LogP contribution in [0.3, 0.4) is 0 Å². The molecule has 10 heteroatoms. The first-order valence-electron chi connectivity index (χ1n) is 13.9. The van der Waals surface area contributed by atoms with E-state index in [0.717, 1.165) is 78.6 Å². The zero-order valence-electron chi connectivity index (χ0n) is 23.5. The van der Waals surface area contributed by atoms with Gasteiger partial charge in [-0.05, 0) is 43.2 Å². The number of ether oxygens (including phenoxy) is 2. The third kappa shape index (κ3) is 6.27. The van der Waals surface area contributed by atoms with Gasteiger partial charge in [0, 0.05) is 49.4 Å². The Hall–Kier alpha value is -3.79. The quantitative estimate of drug-likeness (QED) is 0.226. The van der Waals surface area contributed by atoms with Crippen LogP contribution in [0.25, 0.3) is 16.6 Å². The number of pyridine rings is 2. The SMILES string of the molecule is CCc1nn(Cc2cccc(C)n2)c2cccc(CC(=O)c3cnc4cc(OCCN5CCOCC5)ccn34)c12.Cl. The third-order valence-electron chi connectivity index (χ3n) is 7.43. The maximum absolute atomic E-state index is 13.6. The first kappa shape index (κ1) is 28.7. The predicted molar refractivity (Wildman–Crippen MR) is 160 cm³/mol. The lowest BCUT2D eigenvalue weighted by Gasteiger charge is -2.26. The zero-order chi connectivity index (χ0) is 27.5. The van der Waals surface area contributed by atoms with Gasteiger partial charge in [-0.15, -0.1) is 12.4 Å². The number of fused-ring (bicyclic) bond motifs is 2. The average Bonchev–Trinajstić information content (AvgIpc) is 3.55. The second-order valence-corrected chi connectivity index (χ2v) is 10.2. The topological polar surface area (TPSA) is 86.8 Å². The second-order valence-electron chi connectivity index (χ2n) is 10.2. The number of morpholine rings is 1. The zero-order valence-corrected chi connectivity index (χ0v) is 24.3. The highest BCUT2D eigenvalue weighted by Gasteiger charge is 2.19. The van der Waals surface area contributed by atoms with Gasteiger partial charge in [-0.1, -0.05) is 25.1 Å². The van der Waals surface area contributed by atoms with Crippen LogP contribution in [0.2, 0.25) is 0 Å². The van der Waals surface area contributed by atoms with Gasteiger partial charge in [0.1, 0.15) is 23.7 Å². The molecule has 5 aromatic rings. The summed E-state index contributed by atoms with van der Waals surface area (Å²) >= 11 is 0. The molecule has 1 aliphatic heterocycles. The number of nitrogens with zero attached hydrogens (tertiary/aromatic N) is 6. The van der Waals surface area contributed by atoms with Gasteiger partial charge in [-0.25, -0.2) is 4.98 Å². The lowest BCUT2D eigenvalue weighted by Crippen LogP contribution is -2.38. The van der Waals surface area contributed by atoms with Gasteiger partial charge < -0.3 is 9.47 Å². The molecule has 0 unspecified atom stereocenters. The molecule has 9 nitrogen and oxygen atoms in total. The summed E-state index contributed by atoms with van der Waals surface area (Å²) < 4.78 is 15.2. The van der Waals surface area contributed by atoms with Crippen LogP contribution >= 0.6 is 12.4 Å². The molecule has 0 radical (unpaired) electrons. The maximum atomic E-state index is 13.6. The summed E-state index contributed by atoms with van der Waals surface area (Å²) in [6, 6.07) is 15.9. The molecule has 0 amide bonds. The molecule has 5 heterocycles. The van der Waals surface area contributed by atoms with E-state index in [-0.39, 0.29) is 24.6 Å². The van der Waals surface area contributed by atoms with Gasteiger partial charge in [0.05, 0.1) is 42.9 Å². The molecule has 0 spiro atoms. The Labute approximate surface area is 245 Å². The fourth-order valence-corrected chi connectivity index (χ4v) is 5.38. The molecule has 1 saturated heterocycles. The van der Waals surface area contributed by atoms with Crippen LogP contribution in [-0.2, 0) is 24.1 Å². The summed E-state index contributed by atoms with van der Waals surface area (Å²) in [4.78, 5) is 25.0. The van der Waals surface area contributed by atoms with Crippen molar-refractivity contribution in [3.8, 4) is 5.75 Å². The van der Waals surface area contributed by atoms with Crippen LogP contribution < -0.4 is 4.74 Å². The Morgan fingerprint density at radius 2 is 1.93 bits per heavy atom. The van der Waals surface area contributed by atoms with Crippen LogP contribution in [-0.4, -0.2) is 74.3 Å². The van der Waals surface area contributed by atoms with Crippen LogP contribution in [0.4, 0.5) is 0 Å². The number of benzene rings is 1. The minimum atomic E-state index is 0. The monoisotopic (exact) mass is 574 g/mol. The van der Waals surface area contributed by atoms with Gasteiger partial charge in [0.2, 0.25) is 0 Å². The Morgan fingerprint density at radius 1 is 1.10 bits per heavy atom. The molecule has 4 aromatic heterocycles.